The number of aromatic nitrogens is 3. The fraction of sp³-hybridized carbons (Fsp3) is 0.340. The van der Waals surface area contributed by atoms with Crippen LogP contribution in [0.25, 0.3) is 56.2 Å². The van der Waals surface area contributed by atoms with Gasteiger partial charge in [0, 0.05) is 11.1 Å². The highest BCUT2D eigenvalue weighted by Gasteiger charge is 2.24. The summed E-state index contributed by atoms with van der Waals surface area (Å²) in [6, 6.07) is 39.1. The van der Waals surface area contributed by atoms with E-state index in [4.69, 9.17) is 15.0 Å². The van der Waals surface area contributed by atoms with Gasteiger partial charge in [0.25, 0.3) is 0 Å². The van der Waals surface area contributed by atoms with Gasteiger partial charge < -0.3 is 0 Å². The Bertz CT molecular complexity index is 1940. The summed E-state index contributed by atoms with van der Waals surface area (Å²) in [6.07, 6.45) is 1.91. The van der Waals surface area contributed by atoms with E-state index < -0.39 is 0 Å². The quantitative estimate of drug-likeness (QED) is 0.183. The summed E-state index contributed by atoms with van der Waals surface area (Å²) in [7, 11) is 0. The number of rotatable bonds is 3. The van der Waals surface area contributed by atoms with Crippen LogP contribution >= 0.6 is 0 Å². The zero-order chi connectivity index (χ0) is 39.9. The number of hydrogen-bond donors (Lipinski definition) is 0. The lowest BCUT2D eigenvalue weighted by Crippen LogP contribution is -2.01. The lowest BCUT2D eigenvalue weighted by Gasteiger charge is -2.12. The van der Waals surface area contributed by atoms with Gasteiger partial charge >= 0.3 is 0 Å². The average molecular weight is 710 g/mol. The van der Waals surface area contributed by atoms with Crippen molar-refractivity contribution < 1.29 is 0 Å². The van der Waals surface area contributed by atoms with Crippen LogP contribution in [0.5, 0.6) is 0 Å². The Kier molecular flexibility index (Phi) is 21.9. The van der Waals surface area contributed by atoms with E-state index in [2.05, 4.69) is 109 Å². The Morgan fingerprint density at radius 2 is 0.811 bits per heavy atom. The predicted molar refractivity (Wildman–Crippen MR) is 237 cm³/mol. The zero-order valence-corrected chi connectivity index (χ0v) is 35.6. The van der Waals surface area contributed by atoms with E-state index in [1.807, 2.05) is 104 Å². The molecule has 0 radical (unpaired) electrons. The van der Waals surface area contributed by atoms with Gasteiger partial charge in [-0.25, -0.2) is 15.0 Å². The van der Waals surface area contributed by atoms with Crippen molar-refractivity contribution in [3.63, 3.8) is 0 Å². The van der Waals surface area contributed by atoms with Crippen molar-refractivity contribution in [2.45, 2.75) is 117 Å². The molecule has 0 unspecified atom stereocenters. The van der Waals surface area contributed by atoms with Gasteiger partial charge in [-0.1, -0.05) is 200 Å². The van der Waals surface area contributed by atoms with Crippen LogP contribution in [0.4, 0.5) is 0 Å². The fourth-order valence-electron chi connectivity index (χ4n) is 6.36. The van der Waals surface area contributed by atoms with Crippen LogP contribution in [-0.4, -0.2) is 15.0 Å². The van der Waals surface area contributed by atoms with Crippen LogP contribution in [0, 0.1) is 6.92 Å². The number of benzene rings is 5. The number of fused-ring (bicyclic) bond motifs is 6. The summed E-state index contributed by atoms with van der Waals surface area (Å²) in [5.41, 5.74) is 15.2. The summed E-state index contributed by atoms with van der Waals surface area (Å²) in [5, 5.41) is 0. The largest absolute Gasteiger partial charge is 0.213 e. The van der Waals surface area contributed by atoms with Crippen LogP contribution in [-0.2, 0) is 12.8 Å². The molecule has 5 aromatic carbocycles. The Morgan fingerprint density at radius 1 is 0.358 bits per heavy atom. The summed E-state index contributed by atoms with van der Waals surface area (Å²) < 4.78 is 0. The maximum atomic E-state index is 5.04. The molecule has 2 aliphatic rings. The molecule has 0 bridgehead atoms. The molecule has 1 heterocycles. The topological polar surface area (TPSA) is 38.7 Å². The molecule has 3 heteroatoms. The van der Waals surface area contributed by atoms with Gasteiger partial charge in [0.2, 0.25) is 0 Å². The molecule has 8 rings (SSSR count). The number of hydrogen-bond acceptors (Lipinski definition) is 3. The lowest BCUT2D eigenvalue weighted by atomic mass is 9.94. The molecule has 0 amide bonds. The van der Waals surface area contributed by atoms with Gasteiger partial charge in [-0.05, 0) is 81.5 Å². The average Bonchev–Trinajstić information content (AvgIpc) is 3.85. The third-order valence-electron chi connectivity index (χ3n) is 8.09. The lowest BCUT2D eigenvalue weighted by molar-refractivity contribution is 0.992. The molecule has 6 aromatic rings. The normalized spacial score (nSPS) is 10.0. The first-order chi connectivity index (χ1) is 26.2. The first-order valence-electron chi connectivity index (χ1n) is 20.5. The van der Waals surface area contributed by atoms with E-state index in [1.54, 1.807) is 0 Å². The van der Waals surface area contributed by atoms with Gasteiger partial charge in [-0.3, -0.25) is 0 Å². The number of aryl methyl sites for hydroxylation is 1. The Labute approximate surface area is 324 Å². The zero-order valence-electron chi connectivity index (χ0n) is 35.6. The van der Waals surface area contributed by atoms with Crippen LogP contribution < -0.4 is 0 Å². The molecule has 3 nitrogen and oxygen atoms in total. The molecule has 0 saturated heterocycles. The third-order valence-corrected chi connectivity index (χ3v) is 8.09. The highest BCUT2D eigenvalue weighted by molar-refractivity contribution is 5.89. The molecular weight excluding hydrogens is 643 g/mol. The minimum Gasteiger partial charge on any atom is -0.213 e. The molecule has 0 atom stereocenters. The van der Waals surface area contributed by atoms with Crippen molar-refractivity contribution in [1.29, 1.82) is 0 Å². The van der Waals surface area contributed by atoms with Crippen LogP contribution in [0.1, 0.15) is 125 Å². The van der Waals surface area contributed by atoms with Crippen LogP contribution in [0.3, 0.4) is 0 Å². The van der Waals surface area contributed by atoms with E-state index in [9.17, 15) is 0 Å². The summed E-state index contributed by atoms with van der Waals surface area (Å²) in [6.45, 7) is 30.0. The first kappa shape index (κ1) is 46.1. The monoisotopic (exact) mass is 710 g/mol. The smallest absolute Gasteiger partial charge is 0.164 e. The van der Waals surface area contributed by atoms with Gasteiger partial charge in [-0.2, -0.15) is 0 Å². The molecule has 282 valence electrons. The Balaban J connectivity index is 0.000000907. The summed E-state index contributed by atoms with van der Waals surface area (Å²) >= 11 is 0. The minimum atomic E-state index is 0.707. The third kappa shape index (κ3) is 10.6. The van der Waals surface area contributed by atoms with Crippen molar-refractivity contribution in [1.82, 2.24) is 15.0 Å². The maximum absolute atomic E-state index is 5.04. The van der Waals surface area contributed by atoms with Gasteiger partial charge in [0.1, 0.15) is 5.82 Å². The molecular formula is C50H67N3. The Morgan fingerprint density at radius 3 is 1.47 bits per heavy atom. The molecule has 1 aromatic heterocycles. The first-order valence-corrected chi connectivity index (χ1v) is 20.5. The van der Waals surface area contributed by atoms with E-state index in [-0.39, 0.29) is 0 Å². The van der Waals surface area contributed by atoms with Crippen molar-refractivity contribution in [3.8, 4) is 56.2 Å². The van der Waals surface area contributed by atoms with Crippen molar-refractivity contribution in [2.75, 3.05) is 0 Å². The second kappa shape index (κ2) is 25.1. The molecule has 2 aliphatic carbocycles. The van der Waals surface area contributed by atoms with Crippen LogP contribution in [0.2, 0.25) is 0 Å². The SMILES string of the molecule is CC.CC.CC.CC.CC.CC.CC.Cc1nc(-c2cccc(-c3cccc4c3Cc3ccccc3-4)c2)nc(-c2cccc3c2-c2ccccc2C3)n1. The molecule has 0 fully saturated rings. The van der Waals surface area contributed by atoms with Gasteiger partial charge in [0.15, 0.2) is 11.6 Å². The van der Waals surface area contributed by atoms with E-state index in [1.165, 1.54) is 55.6 Å². The summed E-state index contributed by atoms with van der Waals surface area (Å²) in [5.74, 6) is 2.16. The highest BCUT2D eigenvalue weighted by Crippen LogP contribution is 2.43. The number of nitrogens with zero attached hydrogens (tertiary/aromatic N) is 3. The van der Waals surface area contributed by atoms with Gasteiger partial charge in [-0.15, -0.1) is 0 Å². The molecule has 0 spiro atoms. The Hall–Kier alpha value is -4.89. The second-order valence-electron chi connectivity index (χ2n) is 10.4. The molecule has 0 saturated carbocycles. The maximum Gasteiger partial charge on any atom is 0.164 e. The molecule has 53 heavy (non-hydrogen) atoms. The van der Waals surface area contributed by atoms with Crippen LogP contribution in [0.15, 0.2) is 109 Å². The van der Waals surface area contributed by atoms with E-state index >= 15 is 0 Å². The van der Waals surface area contributed by atoms with Crippen molar-refractivity contribution in [2.24, 2.45) is 0 Å². The summed E-state index contributed by atoms with van der Waals surface area (Å²) in [4.78, 5) is 14.6. The van der Waals surface area contributed by atoms with Crippen molar-refractivity contribution >= 4 is 0 Å². The predicted octanol–water partition coefficient (Wildman–Crippen LogP) is 15.5. The highest BCUT2D eigenvalue weighted by atomic mass is 15.0. The second-order valence-corrected chi connectivity index (χ2v) is 10.4. The molecule has 0 N–H and O–H groups in total. The molecule has 0 aliphatic heterocycles. The fourth-order valence-corrected chi connectivity index (χ4v) is 6.36. The van der Waals surface area contributed by atoms with E-state index in [0.717, 1.165) is 35.6 Å². The van der Waals surface area contributed by atoms with Crippen molar-refractivity contribution in [3.05, 3.63) is 137 Å². The minimum absolute atomic E-state index is 0.707. The standard InChI is InChI=1S/C36H25N3.7C2H6/c1-22-37-35(39-36(38-22)32-18-7-12-26-19-24-9-3-5-15-30(24)34(26)32)27-13-6-11-23(20-27)29-16-8-17-31-28-14-4-2-10-25(28)21-33(29)31;7*1-2/h2-18,20H,19,21H2,1H3;7*1-2H3. The van der Waals surface area contributed by atoms with Gasteiger partial charge in [0.05, 0.1) is 0 Å². The van der Waals surface area contributed by atoms with E-state index in [0.29, 0.717) is 5.82 Å².